The normalized spacial score (nSPS) is 21.1. The number of halogens is 3. The Morgan fingerprint density at radius 1 is 0.952 bits per heavy atom. The molecule has 5 aromatic rings. The molecule has 3 aliphatic rings. The van der Waals surface area contributed by atoms with Gasteiger partial charge in [-0.1, -0.05) is 67.6 Å². The van der Waals surface area contributed by atoms with Crippen molar-refractivity contribution >= 4 is 46.5 Å². The molecule has 2 aromatic heterocycles. The van der Waals surface area contributed by atoms with Gasteiger partial charge in [0.2, 0.25) is 11.9 Å². The molecular weight excluding hydrogens is 812 g/mol. The highest BCUT2D eigenvalue weighted by Crippen LogP contribution is 2.38. The lowest BCUT2D eigenvalue weighted by atomic mass is 9.91. The third kappa shape index (κ3) is 9.31. The molecule has 4 heterocycles. The zero-order chi connectivity index (χ0) is 43.4. The third-order valence-electron chi connectivity index (χ3n) is 11.2. The Kier molecular flexibility index (Phi) is 12.3. The number of aliphatic hydroxyl groups excluding tert-OH is 1. The maximum atomic E-state index is 13.6. The van der Waals surface area contributed by atoms with Crippen LogP contribution in [0.15, 0.2) is 85.2 Å². The summed E-state index contributed by atoms with van der Waals surface area (Å²) in [6.07, 6.45) is -6.16. The zero-order valence-electron chi connectivity index (χ0n) is 33.7. The Labute approximate surface area is 354 Å². The predicted molar refractivity (Wildman–Crippen MR) is 221 cm³/mol. The summed E-state index contributed by atoms with van der Waals surface area (Å²) in [6, 6.07) is 22.1. The summed E-state index contributed by atoms with van der Waals surface area (Å²) in [5.41, 5.74) is 3.06. The van der Waals surface area contributed by atoms with E-state index in [1.54, 1.807) is 25.1 Å². The summed E-state index contributed by atoms with van der Waals surface area (Å²) < 4.78 is 58.5. The number of benzene rings is 3. The SMILES string of the molecule is CCC(=O)N[C@H]1C[C@@H](n2cnc3c(NCC(c4ccccc4)c4ccccc4)nc(N4CC[C@@H](NC(=O)Nc5ccc6c(c5)OCCCO6)C4)nc32)[C@H](OC(=O)C(F)(F)F)[C@@H]1O. The topological polar surface area (TPSA) is 194 Å². The lowest BCUT2D eigenvalue weighted by molar-refractivity contribution is -0.209. The van der Waals surface area contributed by atoms with Gasteiger partial charge in [-0.3, -0.25) is 4.79 Å². The van der Waals surface area contributed by atoms with Gasteiger partial charge >= 0.3 is 18.2 Å². The van der Waals surface area contributed by atoms with Crippen LogP contribution >= 0.6 is 0 Å². The van der Waals surface area contributed by atoms with E-state index in [4.69, 9.17) is 24.2 Å². The average Bonchev–Trinajstić information content (AvgIpc) is 3.93. The van der Waals surface area contributed by atoms with Crippen LogP contribution in [0.25, 0.3) is 11.2 Å². The molecule has 0 unspecified atom stereocenters. The zero-order valence-corrected chi connectivity index (χ0v) is 33.7. The molecule has 62 heavy (non-hydrogen) atoms. The molecule has 0 bridgehead atoms. The first kappa shape index (κ1) is 42.1. The number of carbonyl (C=O) groups is 3. The van der Waals surface area contributed by atoms with E-state index >= 15 is 0 Å². The first-order valence-electron chi connectivity index (χ1n) is 20.5. The quantitative estimate of drug-likeness (QED) is 0.102. The Hall–Kier alpha value is -6.63. The van der Waals surface area contributed by atoms with E-state index < -0.39 is 48.4 Å². The second-order valence-corrected chi connectivity index (χ2v) is 15.4. The molecule has 5 N–H and O–H groups in total. The lowest BCUT2D eigenvalue weighted by Crippen LogP contribution is -2.45. The number of carbonyl (C=O) groups excluding carboxylic acids is 3. The summed E-state index contributed by atoms with van der Waals surface area (Å²) in [4.78, 5) is 54.1. The van der Waals surface area contributed by atoms with Crippen molar-refractivity contribution in [2.24, 2.45) is 0 Å². The van der Waals surface area contributed by atoms with Crippen LogP contribution in [-0.2, 0) is 14.3 Å². The second kappa shape index (κ2) is 18.2. The van der Waals surface area contributed by atoms with E-state index in [-0.39, 0.29) is 41.9 Å². The highest BCUT2D eigenvalue weighted by Gasteiger charge is 2.51. The van der Waals surface area contributed by atoms with Gasteiger partial charge in [0.05, 0.1) is 31.6 Å². The first-order valence-corrected chi connectivity index (χ1v) is 20.5. The van der Waals surface area contributed by atoms with Crippen LogP contribution in [0, 0.1) is 0 Å². The van der Waals surface area contributed by atoms with Crippen LogP contribution in [0.5, 0.6) is 11.5 Å². The minimum Gasteiger partial charge on any atom is -0.490 e. The minimum absolute atomic E-state index is 0.0548. The van der Waals surface area contributed by atoms with Gasteiger partial charge in [-0.15, -0.1) is 0 Å². The minimum atomic E-state index is -5.34. The van der Waals surface area contributed by atoms with E-state index in [1.807, 2.05) is 65.6 Å². The predicted octanol–water partition coefficient (Wildman–Crippen LogP) is 5.31. The molecule has 3 aromatic carbocycles. The number of rotatable bonds is 12. The molecular formula is C43H46F3N9O7. The van der Waals surface area contributed by atoms with Gasteiger partial charge in [0.1, 0.15) is 6.10 Å². The van der Waals surface area contributed by atoms with Gasteiger partial charge in [0.15, 0.2) is 34.6 Å². The number of hydrogen-bond donors (Lipinski definition) is 5. The fraction of sp³-hybridized carbons (Fsp3) is 0.395. The molecule has 16 nitrogen and oxygen atoms in total. The molecule has 8 rings (SSSR count). The van der Waals surface area contributed by atoms with Crippen LogP contribution < -0.4 is 35.6 Å². The Morgan fingerprint density at radius 3 is 2.35 bits per heavy atom. The van der Waals surface area contributed by atoms with Crippen LogP contribution in [0.3, 0.4) is 0 Å². The average molecular weight is 858 g/mol. The number of nitrogens with zero attached hydrogens (tertiary/aromatic N) is 5. The van der Waals surface area contributed by atoms with Gasteiger partial charge in [-0.25, -0.2) is 14.6 Å². The standard InChI is InChI=1S/C43H46F3N9O7/c1-2-34(56)51-30-21-31(37(36(30)57)62-40(58)43(44,45)46)55-24-48-35-38(47-22-29(25-10-5-3-6-11-25)26-12-7-4-8-13-26)52-41(53-39(35)55)54-17-16-28(23-54)50-42(59)49-27-14-15-32-33(20-27)61-19-9-18-60-32/h3-8,10-15,20,24,28-31,36-37,57H,2,9,16-19,21-23H2,1H3,(H,51,56)(H,47,52,53)(H2,49,50,59)/t28-,30+,31-,36-,37+/m1/s1. The van der Waals surface area contributed by atoms with E-state index in [0.29, 0.717) is 62.3 Å². The van der Waals surface area contributed by atoms with Gasteiger partial charge < -0.3 is 50.1 Å². The molecule has 1 aliphatic carbocycles. The maximum Gasteiger partial charge on any atom is 0.490 e. The molecule has 1 saturated carbocycles. The number of nitrogens with one attached hydrogen (secondary N) is 4. The van der Waals surface area contributed by atoms with Crippen molar-refractivity contribution in [2.45, 2.75) is 75.0 Å². The van der Waals surface area contributed by atoms with Gasteiger partial charge in [-0.05, 0) is 36.1 Å². The third-order valence-corrected chi connectivity index (χ3v) is 11.2. The number of amides is 3. The van der Waals surface area contributed by atoms with Crippen molar-refractivity contribution in [3.8, 4) is 11.5 Å². The molecule has 326 valence electrons. The summed E-state index contributed by atoms with van der Waals surface area (Å²) >= 11 is 0. The van der Waals surface area contributed by atoms with Gasteiger partial charge in [-0.2, -0.15) is 23.1 Å². The second-order valence-electron chi connectivity index (χ2n) is 15.4. The van der Waals surface area contributed by atoms with E-state index in [2.05, 4.69) is 26.3 Å². The van der Waals surface area contributed by atoms with Crippen molar-refractivity contribution < 1.29 is 46.9 Å². The molecule has 19 heteroatoms. The van der Waals surface area contributed by atoms with Crippen molar-refractivity contribution in [2.75, 3.05) is 48.4 Å². The van der Waals surface area contributed by atoms with Crippen molar-refractivity contribution in [3.63, 3.8) is 0 Å². The molecule has 1 saturated heterocycles. The molecule has 3 amide bonds. The van der Waals surface area contributed by atoms with Gasteiger partial charge in [0.25, 0.3) is 0 Å². The van der Waals surface area contributed by atoms with Crippen LogP contribution in [-0.4, -0.2) is 106 Å². The highest BCUT2D eigenvalue weighted by molar-refractivity contribution is 5.90. The van der Waals surface area contributed by atoms with Crippen LogP contribution in [0.2, 0.25) is 0 Å². The number of aromatic nitrogens is 4. The fourth-order valence-corrected chi connectivity index (χ4v) is 8.12. The number of esters is 1. The van der Waals surface area contributed by atoms with Crippen molar-refractivity contribution in [3.05, 3.63) is 96.3 Å². The Balaban J connectivity index is 1.10. The fourth-order valence-electron chi connectivity index (χ4n) is 8.12. The first-order chi connectivity index (χ1) is 29.9. The number of alkyl halides is 3. The van der Waals surface area contributed by atoms with Crippen molar-refractivity contribution in [1.82, 2.24) is 30.2 Å². The highest BCUT2D eigenvalue weighted by atomic mass is 19.4. The lowest BCUT2D eigenvalue weighted by Gasteiger charge is -2.25. The van der Waals surface area contributed by atoms with E-state index in [0.717, 1.165) is 17.5 Å². The molecule has 0 spiro atoms. The molecule has 5 atom stereocenters. The van der Waals surface area contributed by atoms with Crippen LogP contribution in [0.1, 0.15) is 55.7 Å². The number of anilines is 3. The monoisotopic (exact) mass is 857 g/mol. The smallest absolute Gasteiger partial charge is 0.490 e. The number of urea groups is 1. The van der Waals surface area contributed by atoms with Crippen LogP contribution in [0.4, 0.5) is 35.4 Å². The number of hydrogen-bond acceptors (Lipinski definition) is 12. The number of fused-ring (bicyclic) bond motifs is 2. The summed E-state index contributed by atoms with van der Waals surface area (Å²) in [5, 5.41) is 23.2. The number of imidazole rings is 1. The van der Waals surface area contributed by atoms with Gasteiger partial charge in [0, 0.05) is 56.2 Å². The maximum absolute atomic E-state index is 13.6. The largest absolute Gasteiger partial charge is 0.490 e. The van der Waals surface area contributed by atoms with E-state index in [9.17, 15) is 32.7 Å². The number of ether oxygens (including phenoxy) is 3. The molecule has 0 radical (unpaired) electrons. The molecule has 2 fully saturated rings. The number of aliphatic hydroxyl groups is 1. The van der Waals surface area contributed by atoms with Crippen molar-refractivity contribution in [1.29, 1.82) is 0 Å². The Morgan fingerprint density at radius 2 is 1.66 bits per heavy atom. The summed E-state index contributed by atoms with van der Waals surface area (Å²) in [5.74, 6) is -1.35. The van der Waals surface area contributed by atoms with E-state index in [1.165, 1.54) is 10.9 Å². The summed E-state index contributed by atoms with van der Waals surface area (Å²) in [6.45, 7) is 3.73. The molecule has 2 aliphatic heterocycles. The summed E-state index contributed by atoms with van der Waals surface area (Å²) in [7, 11) is 0. The Bertz CT molecular complexity index is 2350.